The molecule has 4 bridgehead atoms. The normalized spacial score (nSPS) is 19.9. The van der Waals surface area contributed by atoms with Gasteiger partial charge in [-0.25, -0.2) is 27.6 Å². The first-order chi connectivity index (χ1) is 32.6. The smallest absolute Gasteiger partial charge is 0.339 e. The summed E-state index contributed by atoms with van der Waals surface area (Å²) < 4.78 is 51.1. The minimum absolute atomic E-state index is 0.103. The third-order valence-corrected chi connectivity index (χ3v) is 14.4. The Morgan fingerprint density at radius 2 is 1.01 bits per heavy atom. The summed E-state index contributed by atoms with van der Waals surface area (Å²) in [5, 5.41) is 4.94. The fourth-order valence-corrected chi connectivity index (χ4v) is 10.8. The molecule has 2 atom stereocenters. The van der Waals surface area contributed by atoms with Gasteiger partial charge < -0.3 is 29.6 Å². The standard InChI is InChI=1S/C52H50N2O14S/c1-29(2)43(55)26-65-49(61)39-17-15-37(20-41(39)45(57)53-6)69(63,64)38-16-18-40(50(62)66-27-44(56)30(3)4)42(21-38)46(58)54-36-13-11-35(12-14-36)48(60)68-52-24-32-19-33(25-52)23-51(22-32,28-52)67-47(59)34-9-7-31(5)8-10-34/h7-18,20-21,32-33H,1,3,19,22-28H2,2,4-6H3,(H,53,57)(H,54,58). The number of hydrogen-bond acceptors (Lipinski definition) is 14. The van der Waals surface area contributed by atoms with E-state index in [1.54, 1.807) is 12.1 Å². The van der Waals surface area contributed by atoms with Crippen molar-refractivity contribution in [3.05, 3.63) is 148 Å². The summed E-state index contributed by atoms with van der Waals surface area (Å²) in [5.74, 6) is -5.82. The summed E-state index contributed by atoms with van der Waals surface area (Å²) in [7, 11) is -3.37. The number of esters is 4. The zero-order chi connectivity index (χ0) is 50.0. The third-order valence-electron chi connectivity index (χ3n) is 12.6. The van der Waals surface area contributed by atoms with E-state index in [0.717, 1.165) is 48.4 Å². The molecule has 0 saturated heterocycles. The zero-order valence-electron chi connectivity index (χ0n) is 38.4. The van der Waals surface area contributed by atoms with E-state index in [0.29, 0.717) is 37.7 Å². The predicted octanol–water partition coefficient (Wildman–Crippen LogP) is 7.15. The number of aryl methyl sites for hydroxylation is 1. The van der Waals surface area contributed by atoms with Crippen molar-refractivity contribution in [2.24, 2.45) is 11.8 Å². The Balaban J connectivity index is 1.11. The van der Waals surface area contributed by atoms with Crippen molar-refractivity contribution in [2.45, 2.75) is 80.3 Å². The lowest BCUT2D eigenvalue weighted by Crippen LogP contribution is -2.61. The number of Topliss-reactive ketones (excluding diaryl/α,β-unsaturated/α-hetero) is 2. The molecular formula is C52H50N2O14S. The van der Waals surface area contributed by atoms with Crippen molar-refractivity contribution < 1.29 is 65.7 Å². The number of amides is 2. The van der Waals surface area contributed by atoms with Crippen LogP contribution in [0.5, 0.6) is 0 Å². The highest BCUT2D eigenvalue weighted by atomic mass is 32.2. The summed E-state index contributed by atoms with van der Waals surface area (Å²) >= 11 is 0. The molecule has 0 aromatic heterocycles. The fraction of sp³-hybridized carbons (Fsp3) is 0.308. The molecule has 2 amide bonds. The van der Waals surface area contributed by atoms with Gasteiger partial charge in [-0.2, -0.15) is 0 Å². The molecule has 2 unspecified atom stereocenters. The van der Waals surface area contributed by atoms with E-state index in [1.165, 1.54) is 45.2 Å². The molecular weight excluding hydrogens is 909 g/mol. The van der Waals surface area contributed by atoms with E-state index in [1.807, 2.05) is 19.1 Å². The molecule has 4 saturated carbocycles. The minimum atomic E-state index is -4.62. The van der Waals surface area contributed by atoms with E-state index in [4.69, 9.17) is 18.9 Å². The van der Waals surface area contributed by atoms with Crippen LogP contribution in [-0.4, -0.2) is 87.1 Å². The summed E-state index contributed by atoms with van der Waals surface area (Å²) in [4.78, 5) is 104. The molecule has 8 rings (SSSR count). The molecule has 17 heteroatoms. The van der Waals surface area contributed by atoms with Gasteiger partial charge in [-0.05, 0) is 149 Å². The lowest BCUT2D eigenvalue weighted by atomic mass is 9.52. The van der Waals surface area contributed by atoms with Crippen LogP contribution in [0.2, 0.25) is 0 Å². The quantitative estimate of drug-likeness (QED) is 0.0608. The van der Waals surface area contributed by atoms with Gasteiger partial charge >= 0.3 is 23.9 Å². The molecule has 0 radical (unpaired) electrons. The number of nitrogens with one attached hydrogen (secondary N) is 2. The summed E-state index contributed by atoms with van der Waals surface area (Å²) in [5.41, 5.74) is -1.23. The number of ether oxygens (including phenoxy) is 4. The maximum Gasteiger partial charge on any atom is 0.339 e. The second kappa shape index (κ2) is 19.6. The van der Waals surface area contributed by atoms with Crippen LogP contribution in [0.3, 0.4) is 0 Å². The Morgan fingerprint density at radius 3 is 1.43 bits per heavy atom. The Labute approximate surface area is 398 Å². The first kappa shape index (κ1) is 49.4. The number of rotatable bonds is 17. The largest absolute Gasteiger partial charge is 0.455 e. The average molecular weight is 959 g/mol. The van der Waals surface area contributed by atoms with Gasteiger partial charge in [0.15, 0.2) is 24.8 Å². The number of carbonyl (C=O) groups is 8. The molecule has 4 aliphatic carbocycles. The molecule has 0 heterocycles. The second-order valence-corrected chi connectivity index (χ2v) is 20.0. The van der Waals surface area contributed by atoms with E-state index < -0.39 is 108 Å². The molecule has 4 aliphatic rings. The van der Waals surface area contributed by atoms with Crippen LogP contribution in [0, 0.1) is 18.8 Å². The van der Waals surface area contributed by atoms with Gasteiger partial charge in [0, 0.05) is 19.2 Å². The number of ketones is 2. The lowest BCUT2D eigenvalue weighted by molar-refractivity contribution is -0.200. The number of anilines is 1. The van der Waals surface area contributed by atoms with Crippen LogP contribution in [0.1, 0.15) is 120 Å². The van der Waals surface area contributed by atoms with Gasteiger partial charge in [-0.3, -0.25) is 19.2 Å². The van der Waals surface area contributed by atoms with E-state index in [2.05, 4.69) is 23.8 Å². The predicted molar refractivity (Wildman–Crippen MR) is 248 cm³/mol. The van der Waals surface area contributed by atoms with Crippen molar-refractivity contribution in [2.75, 3.05) is 25.6 Å². The first-order valence-electron chi connectivity index (χ1n) is 22.0. The van der Waals surface area contributed by atoms with Crippen LogP contribution in [0.4, 0.5) is 5.69 Å². The minimum Gasteiger partial charge on any atom is -0.455 e. The van der Waals surface area contributed by atoms with Gasteiger partial charge in [-0.15, -0.1) is 0 Å². The van der Waals surface area contributed by atoms with Crippen LogP contribution in [0.25, 0.3) is 0 Å². The van der Waals surface area contributed by atoms with Gasteiger partial charge in [-0.1, -0.05) is 30.9 Å². The molecule has 2 N–H and O–H groups in total. The Kier molecular flexibility index (Phi) is 14.0. The zero-order valence-corrected chi connectivity index (χ0v) is 39.2. The molecule has 4 aromatic rings. The van der Waals surface area contributed by atoms with Gasteiger partial charge in [0.05, 0.1) is 43.2 Å². The molecule has 0 spiro atoms. The molecule has 4 aromatic carbocycles. The topological polar surface area (TPSA) is 232 Å². The number of carbonyl (C=O) groups excluding carboxylic acids is 8. The summed E-state index contributed by atoms with van der Waals surface area (Å²) in [6, 6.07) is 18.8. The fourth-order valence-electron chi connectivity index (χ4n) is 9.47. The van der Waals surface area contributed by atoms with Crippen LogP contribution < -0.4 is 10.6 Å². The SMILES string of the molecule is C=C(C)C(=O)COC(=O)c1ccc(S(=O)(=O)c2ccc(C(=O)OCC(=O)C(=C)C)c(C(=O)Nc3ccc(C(=O)OC45CC6CC(CC(OC(=O)c7ccc(C)cc7)(C6)C4)C5)cc3)c2)cc1C(=O)NC. The van der Waals surface area contributed by atoms with E-state index in [-0.39, 0.29) is 39.8 Å². The number of benzene rings is 4. The Hall–Kier alpha value is -7.53. The molecule has 358 valence electrons. The summed E-state index contributed by atoms with van der Waals surface area (Å²) in [6.45, 7) is 10.4. The Bertz CT molecular complexity index is 2940. The maximum atomic E-state index is 14.2. The average Bonchev–Trinajstić information content (AvgIpc) is 3.31. The molecule has 0 aliphatic heterocycles. The van der Waals surface area contributed by atoms with Crippen molar-refractivity contribution in [3.8, 4) is 0 Å². The highest BCUT2D eigenvalue weighted by Gasteiger charge is 2.61. The van der Waals surface area contributed by atoms with Crippen molar-refractivity contribution in [3.63, 3.8) is 0 Å². The Morgan fingerprint density at radius 1 is 0.594 bits per heavy atom. The van der Waals surface area contributed by atoms with Gasteiger partial charge in [0.2, 0.25) is 9.84 Å². The van der Waals surface area contributed by atoms with E-state index >= 15 is 0 Å². The second-order valence-electron chi connectivity index (χ2n) is 18.1. The van der Waals surface area contributed by atoms with Crippen LogP contribution >= 0.6 is 0 Å². The van der Waals surface area contributed by atoms with E-state index in [9.17, 15) is 46.8 Å². The highest BCUT2D eigenvalue weighted by molar-refractivity contribution is 7.91. The van der Waals surface area contributed by atoms with Gasteiger partial charge in [0.25, 0.3) is 11.8 Å². The van der Waals surface area contributed by atoms with Crippen molar-refractivity contribution >= 4 is 62.8 Å². The van der Waals surface area contributed by atoms with Crippen LogP contribution in [0.15, 0.2) is 119 Å². The molecule has 4 fully saturated rings. The van der Waals surface area contributed by atoms with Gasteiger partial charge in [0.1, 0.15) is 11.2 Å². The lowest BCUT2D eigenvalue weighted by Gasteiger charge is -2.60. The number of sulfone groups is 1. The third kappa shape index (κ3) is 10.8. The maximum absolute atomic E-state index is 14.2. The first-order valence-corrected chi connectivity index (χ1v) is 23.5. The van der Waals surface area contributed by atoms with Crippen LogP contribution in [-0.2, 0) is 38.4 Å². The summed E-state index contributed by atoms with van der Waals surface area (Å²) in [6.07, 6.45) is 4.01. The molecule has 69 heavy (non-hydrogen) atoms. The van der Waals surface area contributed by atoms with Crippen molar-refractivity contribution in [1.82, 2.24) is 5.32 Å². The van der Waals surface area contributed by atoms with Crippen molar-refractivity contribution in [1.29, 1.82) is 0 Å². The number of hydrogen-bond donors (Lipinski definition) is 2. The molecule has 16 nitrogen and oxygen atoms in total. The monoisotopic (exact) mass is 958 g/mol. The highest BCUT2D eigenvalue weighted by Crippen LogP contribution is 2.60.